The third kappa shape index (κ3) is 9.36. The fourth-order valence-electron chi connectivity index (χ4n) is 5.48. The molecule has 1 N–H and O–H groups in total. The molecule has 3 saturated heterocycles. The summed E-state index contributed by atoms with van der Waals surface area (Å²) in [7, 11) is 0. The van der Waals surface area contributed by atoms with Gasteiger partial charge in [0.15, 0.2) is 0 Å². The smallest absolute Gasteiger partial charge is 0.434 e. The van der Waals surface area contributed by atoms with Crippen LogP contribution in [-0.4, -0.2) is 115 Å². The van der Waals surface area contributed by atoms with Gasteiger partial charge in [0.05, 0.1) is 13.2 Å². The topological polar surface area (TPSA) is 91.8 Å². The van der Waals surface area contributed by atoms with Crippen molar-refractivity contribution in [2.45, 2.75) is 56.2 Å². The van der Waals surface area contributed by atoms with Crippen LogP contribution in [0.5, 0.6) is 5.75 Å². The maximum atomic E-state index is 12.8. The van der Waals surface area contributed by atoms with Gasteiger partial charge in [0.2, 0.25) is 0 Å². The lowest BCUT2D eigenvalue weighted by atomic mass is 9.85. The summed E-state index contributed by atoms with van der Waals surface area (Å²) in [5.74, 6) is 0.769. The molecule has 0 unspecified atom stereocenters. The van der Waals surface area contributed by atoms with Gasteiger partial charge in [-0.25, -0.2) is 4.79 Å². The van der Waals surface area contributed by atoms with Gasteiger partial charge in [-0.3, -0.25) is 14.6 Å². The van der Waals surface area contributed by atoms with Crippen LogP contribution in [0.2, 0.25) is 0 Å². The maximum Gasteiger partial charge on any atom is 0.434 e. The lowest BCUT2D eigenvalue weighted by Crippen LogP contribution is -2.54. The first-order valence-electron chi connectivity index (χ1n) is 13.3. The summed E-state index contributed by atoms with van der Waals surface area (Å²) in [5.41, 5.74) is 0.785. The van der Waals surface area contributed by atoms with Crippen molar-refractivity contribution in [1.29, 1.82) is 0 Å². The molecular formula is C26H35F6N3O6. The first-order chi connectivity index (χ1) is 19.4. The van der Waals surface area contributed by atoms with Crippen molar-refractivity contribution >= 4 is 12.6 Å². The molecule has 3 aliphatic heterocycles. The van der Waals surface area contributed by atoms with Crippen molar-refractivity contribution in [3.8, 4) is 5.75 Å². The van der Waals surface area contributed by atoms with Crippen LogP contribution in [0, 0.1) is 0 Å². The highest BCUT2D eigenvalue weighted by Crippen LogP contribution is 2.41. The largest absolute Gasteiger partial charge is 0.492 e. The molecule has 0 bridgehead atoms. The van der Waals surface area contributed by atoms with E-state index in [9.17, 15) is 31.1 Å². The number of hydrogen-bond donors (Lipinski definition) is 1. The van der Waals surface area contributed by atoms with Gasteiger partial charge >= 0.3 is 18.4 Å². The van der Waals surface area contributed by atoms with Crippen LogP contribution in [0.4, 0.5) is 31.1 Å². The number of carbonyl (C=O) groups excluding carboxylic acids is 1. The molecule has 1 spiro atoms. The van der Waals surface area contributed by atoms with Crippen LogP contribution >= 0.6 is 0 Å². The molecule has 41 heavy (non-hydrogen) atoms. The Morgan fingerprint density at radius 1 is 1.02 bits per heavy atom. The van der Waals surface area contributed by atoms with Crippen molar-refractivity contribution in [3.05, 3.63) is 29.8 Å². The SMILES string of the molecule is O=C(OC(C(F)(F)F)C(F)(F)F)N1CCC2(CCCN2Cc2cccc(OCCN3CCOCC3)c2)CC1.O=CO. The molecule has 3 aliphatic rings. The van der Waals surface area contributed by atoms with E-state index >= 15 is 0 Å². The van der Waals surface area contributed by atoms with Gasteiger partial charge in [-0.15, -0.1) is 0 Å². The van der Waals surface area contributed by atoms with Crippen LogP contribution in [0.3, 0.4) is 0 Å². The van der Waals surface area contributed by atoms with Crippen molar-refractivity contribution in [1.82, 2.24) is 14.7 Å². The lowest BCUT2D eigenvalue weighted by Gasteiger charge is -2.45. The molecule has 9 nitrogen and oxygen atoms in total. The van der Waals surface area contributed by atoms with E-state index in [0.717, 1.165) is 68.4 Å². The number of ether oxygens (including phenoxy) is 3. The molecule has 4 rings (SSSR count). The first kappa shape index (κ1) is 32.7. The molecule has 3 heterocycles. The number of halogens is 6. The van der Waals surface area contributed by atoms with Crippen molar-refractivity contribution < 1.29 is 55.2 Å². The molecule has 0 radical (unpaired) electrons. The minimum absolute atomic E-state index is 0.0302. The highest BCUT2D eigenvalue weighted by atomic mass is 19.4. The van der Waals surface area contributed by atoms with Gasteiger partial charge in [0.1, 0.15) is 12.4 Å². The number of rotatable bonds is 7. The third-order valence-corrected chi connectivity index (χ3v) is 7.56. The van der Waals surface area contributed by atoms with E-state index in [0.29, 0.717) is 26.0 Å². The Hall–Kier alpha value is -2.78. The van der Waals surface area contributed by atoms with Crippen molar-refractivity contribution in [2.24, 2.45) is 0 Å². The minimum atomic E-state index is -5.73. The van der Waals surface area contributed by atoms with E-state index in [1.54, 1.807) is 0 Å². The quantitative estimate of drug-likeness (QED) is 0.369. The Kier molecular flexibility index (Phi) is 11.5. The molecule has 0 aromatic heterocycles. The van der Waals surface area contributed by atoms with Gasteiger partial charge in [-0.2, -0.15) is 26.3 Å². The summed E-state index contributed by atoms with van der Waals surface area (Å²) in [4.78, 5) is 26.1. The highest BCUT2D eigenvalue weighted by Gasteiger charge is 2.60. The number of likely N-dealkylation sites (tertiary alicyclic amines) is 2. The molecule has 0 saturated carbocycles. The fraction of sp³-hybridized carbons (Fsp3) is 0.692. The van der Waals surface area contributed by atoms with E-state index < -0.39 is 24.5 Å². The van der Waals surface area contributed by atoms with Gasteiger partial charge in [-0.05, 0) is 49.9 Å². The Morgan fingerprint density at radius 2 is 1.66 bits per heavy atom. The third-order valence-electron chi connectivity index (χ3n) is 7.56. The van der Waals surface area contributed by atoms with Crippen molar-refractivity contribution in [2.75, 3.05) is 59.1 Å². The number of hydrogen-bond acceptors (Lipinski definition) is 7. The Morgan fingerprint density at radius 3 is 2.27 bits per heavy atom. The van der Waals surface area contributed by atoms with Crippen molar-refractivity contribution in [3.63, 3.8) is 0 Å². The predicted octanol–water partition coefficient (Wildman–Crippen LogP) is 4.16. The molecule has 0 atom stereocenters. The Labute approximate surface area is 233 Å². The first-order valence-corrected chi connectivity index (χ1v) is 13.3. The zero-order valence-electron chi connectivity index (χ0n) is 22.5. The maximum absolute atomic E-state index is 12.8. The van der Waals surface area contributed by atoms with E-state index in [4.69, 9.17) is 19.4 Å². The zero-order valence-corrected chi connectivity index (χ0v) is 22.5. The van der Waals surface area contributed by atoms with Crippen LogP contribution in [-0.2, 0) is 20.8 Å². The minimum Gasteiger partial charge on any atom is -0.492 e. The second-order valence-electron chi connectivity index (χ2n) is 10.1. The molecular weight excluding hydrogens is 564 g/mol. The molecule has 1 amide bonds. The number of morpholine rings is 1. The average molecular weight is 600 g/mol. The standard InChI is InChI=1S/C25H33F6N3O4.CH2O2/c26-24(27,28)21(25(29,30)31)38-22(35)33-9-6-23(7-10-33)5-2-8-34(23)18-19-3-1-4-20(17-19)37-16-13-32-11-14-36-15-12-32;2-1-3/h1,3-4,17,21H,2,5-16,18H2;1H,(H,2,3). The van der Waals surface area contributed by atoms with E-state index in [-0.39, 0.29) is 25.1 Å². The van der Waals surface area contributed by atoms with Crippen LogP contribution in [0.1, 0.15) is 31.2 Å². The molecule has 232 valence electrons. The van der Waals surface area contributed by atoms with Gasteiger partial charge in [0, 0.05) is 44.8 Å². The van der Waals surface area contributed by atoms with Gasteiger partial charge < -0.3 is 24.2 Å². The van der Waals surface area contributed by atoms with Gasteiger partial charge in [0.25, 0.3) is 12.6 Å². The predicted molar refractivity (Wildman–Crippen MR) is 133 cm³/mol. The highest BCUT2D eigenvalue weighted by molar-refractivity contribution is 5.68. The molecule has 1 aromatic carbocycles. The summed E-state index contributed by atoms with van der Waals surface area (Å²) in [6.45, 7) is 5.88. The molecule has 15 heteroatoms. The van der Waals surface area contributed by atoms with Gasteiger partial charge in [-0.1, -0.05) is 12.1 Å². The summed E-state index contributed by atoms with van der Waals surface area (Å²) >= 11 is 0. The Bertz CT molecular complexity index is 967. The summed E-state index contributed by atoms with van der Waals surface area (Å²) < 4.78 is 91.9. The number of benzene rings is 1. The number of piperidine rings is 1. The van der Waals surface area contributed by atoms with Crippen LogP contribution in [0.15, 0.2) is 24.3 Å². The average Bonchev–Trinajstić information content (AvgIpc) is 3.28. The summed E-state index contributed by atoms with van der Waals surface area (Å²) in [6, 6.07) is 7.83. The number of carbonyl (C=O) groups is 2. The van der Waals surface area contributed by atoms with Crippen LogP contribution < -0.4 is 4.74 Å². The molecule has 1 aromatic rings. The monoisotopic (exact) mass is 599 g/mol. The number of nitrogens with zero attached hydrogens (tertiary/aromatic N) is 3. The molecule has 0 aliphatic carbocycles. The second-order valence-corrected chi connectivity index (χ2v) is 10.1. The summed E-state index contributed by atoms with van der Waals surface area (Å²) in [5, 5.41) is 6.89. The Balaban J connectivity index is 0.00000147. The normalized spacial score (nSPS) is 20.0. The molecule has 3 fully saturated rings. The van der Waals surface area contributed by atoms with E-state index in [1.165, 1.54) is 0 Å². The second kappa shape index (κ2) is 14.4. The summed E-state index contributed by atoms with van der Waals surface area (Å²) in [6.07, 6.45) is -14.5. The van der Waals surface area contributed by atoms with E-state index in [1.807, 2.05) is 24.3 Å². The number of amides is 1. The lowest BCUT2D eigenvalue weighted by molar-refractivity contribution is -0.308. The number of carboxylic acid groups (broad SMARTS) is 1. The fourth-order valence-corrected chi connectivity index (χ4v) is 5.48. The van der Waals surface area contributed by atoms with Crippen LogP contribution in [0.25, 0.3) is 0 Å². The van der Waals surface area contributed by atoms with E-state index in [2.05, 4.69) is 14.5 Å². The zero-order chi connectivity index (χ0) is 30.1. The number of alkyl halides is 6.